The molecule has 1 aromatic carbocycles. The molecule has 5 heteroatoms. The maximum absolute atomic E-state index is 12.5. The Morgan fingerprint density at radius 1 is 1.33 bits per heavy atom. The Kier molecular flexibility index (Phi) is 5.41. The van der Waals surface area contributed by atoms with Crippen molar-refractivity contribution in [1.82, 2.24) is 10.2 Å². The maximum Gasteiger partial charge on any atom is 0.317 e. The van der Waals surface area contributed by atoms with E-state index >= 15 is 0 Å². The highest BCUT2D eigenvalue weighted by Gasteiger charge is 2.40. The lowest BCUT2D eigenvalue weighted by molar-refractivity contribution is 0.0208. The van der Waals surface area contributed by atoms with Crippen LogP contribution < -0.4 is 10.1 Å². The van der Waals surface area contributed by atoms with Gasteiger partial charge < -0.3 is 19.7 Å². The van der Waals surface area contributed by atoms with Gasteiger partial charge in [0.25, 0.3) is 0 Å². The third-order valence-electron chi connectivity index (χ3n) is 5.04. The fourth-order valence-corrected chi connectivity index (χ4v) is 3.54. The molecule has 130 valence electrons. The van der Waals surface area contributed by atoms with Gasteiger partial charge in [-0.2, -0.15) is 0 Å². The summed E-state index contributed by atoms with van der Waals surface area (Å²) in [5.41, 5.74) is 1.26. The zero-order valence-corrected chi connectivity index (χ0v) is 14.1. The molecule has 1 spiro atoms. The third-order valence-corrected chi connectivity index (χ3v) is 5.04. The number of nitrogens with zero attached hydrogens (tertiary/aromatic N) is 1. The average molecular weight is 330 g/mol. The minimum atomic E-state index is 0.0110. The molecule has 0 radical (unpaired) electrons. The van der Waals surface area contributed by atoms with Crippen molar-refractivity contribution in [3.63, 3.8) is 0 Å². The molecule has 0 saturated carbocycles. The Labute approximate surface area is 143 Å². The second-order valence-electron chi connectivity index (χ2n) is 6.65. The van der Waals surface area contributed by atoms with Crippen molar-refractivity contribution in [2.45, 2.75) is 25.8 Å². The lowest BCUT2D eigenvalue weighted by atomic mass is 9.80. The number of benzene rings is 1. The van der Waals surface area contributed by atoms with Crippen LogP contribution in [0.25, 0.3) is 0 Å². The number of nitrogens with one attached hydrogen (secondary N) is 1. The number of para-hydroxylation sites is 1. The Morgan fingerprint density at radius 3 is 2.92 bits per heavy atom. The lowest BCUT2D eigenvalue weighted by Crippen LogP contribution is -2.40. The van der Waals surface area contributed by atoms with E-state index in [2.05, 4.69) is 11.9 Å². The van der Waals surface area contributed by atoms with Crippen LogP contribution >= 0.6 is 0 Å². The molecule has 1 N–H and O–H groups in total. The highest BCUT2D eigenvalue weighted by Crippen LogP contribution is 2.39. The molecule has 1 aromatic rings. The molecule has 0 bridgehead atoms. The molecular weight excluding hydrogens is 304 g/mol. The second kappa shape index (κ2) is 7.71. The molecule has 2 aliphatic rings. The molecule has 0 aromatic heterocycles. The molecule has 5 nitrogen and oxygen atoms in total. The van der Waals surface area contributed by atoms with E-state index in [0.29, 0.717) is 13.2 Å². The smallest absolute Gasteiger partial charge is 0.317 e. The summed E-state index contributed by atoms with van der Waals surface area (Å²) in [7, 11) is 0. The molecule has 3 rings (SSSR count). The zero-order valence-electron chi connectivity index (χ0n) is 14.1. The number of likely N-dealkylation sites (tertiary alicyclic amines) is 1. The van der Waals surface area contributed by atoms with E-state index in [1.54, 1.807) is 6.08 Å². The summed E-state index contributed by atoms with van der Waals surface area (Å²) in [6, 6.07) is 7.78. The summed E-state index contributed by atoms with van der Waals surface area (Å²) in [4.78, 5) is 14.4. The number of amides is 2. The van der Waals surface area contributed by atoms with E-state index < -0.39 is 0 Å². The van der Waals surface area contributed by atoms with Crippen molar-refractivity contribution < 1.29 is 14.3 Å². The normalized spacial score (nSPS) is 19.2. The lowest BCUT2D eigenvalue weighted by Gasteiger charge is -2.33. The van der Waals surface area contributed by atoms with Crippen molar-refractivity contribution in [2.24, 2.45) is 5.41 Å². The van der Waals surface area contributed by atoms with Gasteiger partial charge in [0.05, 0.1) is 0 Å². The van der Waals surface area contributed by atoms with Crippen LogP contribution in [0.5, 0.6) is 5.75 Å². The topological polar surface area (TPSA) is 50.8 Å². The van der Waals surface area contributed by atoms with E-state index in [4.69, 9.17) is 9.47 Å². The predicted octanol–water partition coefficient (Wildman–Crippen LogP) is 2.96. The maximum atomic E-state index is 12.5. The Bertz CT molecular complexity index is 582. The van der Waals surface area contributed by atoms with Crippen molar-refractivity contribution in [3.05, 3.63) is 42.5 Å². The predicted molar refractivity (Wildman–Crippen MR) is 93.0 cm³/mol. The van der Waals surface area contributed by atoms with Crippen LogP contribution in [0, 0.1) is 5.41 Å². The summed E-state index contributed by atoms with van der Waals surface area (Å²) in [6.45, 7) is 7.92. The molecule has 24 heavy (non-hydrogen) atoms. The zero-order chi connectivity index (χ0) is 16.8. The van der Waals surface area contributed by atoms with Gasteiger partial charge in [-0.05, 0) is 30.7 Å². The Balaban J connectivity index is 1.54. The van der Waals surface area contributed by atoms with E-state index in [9.17, 15) is 4.79 Å². The molecule has 2 heterocycles. The third kappa shape index (κ3) is 3.90. The number of carbonyl (C=O) groups excluding carboxylic acids is 1. The van der Waals surface area contributed by atoms with Crippen molar-refractivity contribution >= 4 is 6.03 Å². The molecule has 2 saturated heterocycles. The van der Waals surface area contributed by atoms with Crippen LogP contribution in [0.1, 0.15) is 24.8 Å². The first-order valence-electron chi connectivity index (χ1n) is 8.65. The van der Waals surface area contributed by atoms with Crippen LogP contribution in [0.2, 0.25) is 0 Å². The summed E-state index contributed by atoms with van der Waals surface area (Å²) < 4.78 is 11.1. The number of urea groups is 1. The first-order valence-corrected chi connectivity index (χ1v) is 8.65. The van der Waals surface area contributed by atoms with Crippen LogP contribution in [-0.2, 0) is 11.3 Å². The molecule has 0 unspecified atom stereocenters. The highest BCUT2D eigenvalue weighted by atomic mass is 16.5. The van der Waals surface area contributed by atoms with Gasteiger partial charge in [-0.15, -0.1) is 0 Å². The minimum absolute atomic E-state index is 0.0110. The average Bonchev–Trinajstić information content (AvgIpc) is 3.02. The molecule has 0 aliphatic carbocycles. The Morgan fingerprint density at radius 2 is 2.12 bits per heavy atom. The van der Waals surface area contributed by atoms with Crippen LogP contribution in [0.4, 0.5) is 4.79 Å². The Hall–Kier alpha value is -2.01. The van der Waals surface area contributed by atoms with Gasteiger partial charge in [-0.25, -0.2) is 4.79 Å². The van der Waals surface area contributed by atoms with Gasteiger partial charge in [0.1, 0.15) is 12.4 Å². The van der Waals surface area contributed by atoms with Gasteiger partial charge in [0.15, 0.2) is 0 Å². The number of hydrogen-bond acceptors (Lipinski definition) is 3. The highest BCUT2D eigenvalue weighted by molar-refractivity contribution is 5.74. The second-order valence-corrected chi connectivity index (χ2v) is 6.65. The first kappa shape index (κ1) is 16.8. The van der Waals surface area contributed by atoms with Gasteiger partial charge in [0, 0.05) is 38.4 Å². The standard InChI is InChI=1S/C19H26N2O3/c1-2-11-24-17-6-4-3-5-16(17)14-20-18(22)21-10-7-19(15-21)8-12-23-13-9-19/h2-6H,1,7-15H2,(H,20,22). The van der Waals surface area contributed by atoms with Crippen molar-refractivity contribution in [3.8, 4) is 5.75 Å². The molecule has 2 fully saturated rings. The molecule has 2 amide bonds. The summed E-state index contributed by atoms with van der Waals surface area (Å²) >= 11 is 0. The quantitative estimate of drug-likeness (QED) is 0.845. The first-order chi connectivity index (χ1) is 11.7. The van der Waals surface area contributed by atoms with E-state index in [1.807, 2.05) is 29.2 Å². The van der Waals surface area contributed by atoms with Gasteiger partial charge in [0.2, 0.25) is 0 Å². The largest absolute Gasteiger partial charge is 0.489 e. The summed E-state index contributed by atoms with van der Waals surface area (Å²) in [5.74, 6) is 0.792. The van der Waals surface area contributed by atoms with Gasteiger partial charge in [-0.3, -0.25) is 0 Å². The molecule has 0 atom stereocenters. The van der Waals surface area contributed by atoms with E-state index in [-0.39, 0.29) is 11.4 Å². The minimum Gasteiger partial charge on any atom is -0.489 e. The fraction of sp³-hybridized carbons (Fsp3) is 0.526. The summed E-state index contributed by atoms with van der Waals surface area (Å²) in [5, 5.41) is 3.03. The van der Waals surface area contributed by atoms with Crippen molar-refractivity contribution in [2.75, 3.05) is 32.9 Å². The van der Waals surface area contributed by atoms with Crippen molar-refractivity contribution in [1.29, 1.82) is 0 Å². The number of carbonyl (C=O) groups is 1. The number of ether oxygens (including phenoxy) is 2. The SMILES string of the molecule is C=CCOc1ccccc1CNC(=O)N1CCC2(CCOCC2)C1. The number of hydrogen-bond donors (Lipinski definition) is 1. The van der Waals surface area contributed by atoms with Gasteiger partial charge in [-0.1, -0.05) is 30.9 Å². The fourth-order valence-electron chi connectivity index (χ4n) is 3.54. The van der Waals surface area contributed by atoms with Crippen LogP contribution in [0.15, 0.2) is 36.9 Å². The van der Waals surface area contributed by atoms with E-state index in [0.717, 1.165) is 56.9 Å². The molecular formula is C19H26N2O3. The summed E-state index contributed by atoms with van der Waals surface area (Å²) in [6.07, 6.45) is 4.93. The van der Waals surface area contributed by atoms with Crippen LogP contribution in [0.3, 0.4) is 0 Å². The number of rotatable bonds is 5. The van der Waals surface area contributed by atoms with Gasteiger partial charge >= 0.3 is 6.03 Å². The molecule has 2 aliphatic heterocycles. The van der Waals surface area contributed by atoms with E-state index in [1.165, 1.54) is 0 Å². The van der Waals surface area contributed by atoms with Crippen LogP contribution in [-0.4, -0.2) is 43.8 Å². The monoisotopic (exact) mass is 330 g/mol.